The first-order chi connectivity index (χ1) is 30.2. The fourth-order valence-corrected chi connectivity index (χ4v) is 10.4. The number of para-hydroxylation sites is 2. The maximum atomic E-state index is 6.94. The molecular formula is C55H32N4OS. The molecule has 0 aliphatic rings. The average Bonchev–Trinajstić information content (AvgIpc) is 4.00. The molecule has 13 aromatic rings. The maximum absolute atomic E-state index is 6.94. The molecule has 6 heteroatoms. The van der Waals surface area contributed by atoms with Gasteiger partial charge >= 0.3 is 0 Å². The lowest BCUT2D eigenvalue weighted by molar-refractivity contribution is 0.669. The van der Waals surface area contributed by atoms with Gasteiger partial charge in [0, 0.05) is 52.8 Å². The molecule has 61 heavy (non-hydrogen) atoms. The summed E-state index contributed by atoms with van der Waals surface area (Å²) in [6.07, 6.45) is 0. The van der Waals surface area contributed by atoms with Gasteiger partial charge in [-0.1, -0.05) is 140 Å². The molecule has 0 amide bonds. The second-order valence-electron chi connectivity index (χ2n) is 15.5. The summed E-state index contributed by atoms with van der Waals surface area (Å²) in [4.78, 5) is 16.4. The SMILES string of the molecule is c1ccc(-c2cccc(-c3nc(-c4c(-n5c6ccccc6c6cc7ccccc7cc65)ccc5c4oc4ccccc45)nc(-c4cccc5sc6ccccc6c45)n3)c2)cc1. The summed E-state index contributed by atoms with van der Waals surface area (Å²) < 4.78 is 11.7. The predicted molar refractivity (Wildman–Crippen MR) is 254 cm³/mol. The van der Waals surface area contributed by atoms with E-state index in [1.807, 2.05) is 18.2 Å². The minimum atomic E-state index is 0.535. The summed E-state index contributed by atoms with van der Waals surface area (Å²) in [5.74, 6) is 1.72. The third kappa shape index (κ3) is 5.29. The molecule has 0 saturated carbocycles. The number of thiophene rings is 1. The van der Waals surface area contributed by atoms with Gasteiger partial charge in [0.2, 0.25) is 0 Å². The molecule has 0 spiro atoms. The fraction of sp³-hybridized carbons (Fsp3) is 0. The predicted octanol–water partition coefficient (Wildman–Crippen LogP) is 15.1. The highest BCUT2D eigenvalue weighted by Gasteiger charge is 2.25. The van der Waals surface area contributed by atoms with Gasteiger partial charge in [-0.3, -0.25) is 0 Å². The summed E-state index contributed by atoms with van der Waals surface area (Å²) in [6, 6.07) is 68.5. The number of hydrogen-bond donors (Lipinski definition) is 0. The quantitative estimate of drug-likeness (QED) is 0.174. The van der Waals surface area contributed by atoms with Crippen LogP contribution >= 0.6 is 11.3 Å². The van der Waals surface area contributed by atoms with Crippen molar-refractivity contribution in [2.75, 3.05) is 0 Å². The van der Waals surface area contributed by atoms with Gasteiger partial charge in [0.15, 0.2) is 17.5 Å². The largest absolute Gasteiger partial charge is 0.455 e. The molecule has 4 heterocycles. The van der Waals surface area contributed by atoms with E-state index in [0.717, 1.165) is 71.9 Å². The standard InChI is InChI=1S/C55H32N4OS/c1-2-14-33(15-3-1)34-18-12-19-37(30-34)53-56-54(42-23-13-27-49-50(42)41-22-8-11-26-48(41)61-49)58-55(57-53)51-45(29-28-40-39-21-7-10-25-47(39)60-52(40)51)59-44-24-9-6-20-38(44)43-31-35-16-4-5-17-36(35)32-46(43)59/h1-32H. The molecule has 13 rings (SSSR count). The number of aromatic nitrogens is 4. The van der Waals surface area contributed by atoms with Crippen molar-refractivity contribution < 1.29 is 4.42 Å². The van der Waals surface area contributed by atoms with Gasteiger partial charge in [0.05, 0.1) is 22.3 Å². The molecular weight excluding hydrogens is 765 g/mol. The van der Waals surface area contributed by atoms with Gasteiger partial charge in [-0.15, -0.1) is 11.3 Å². The zero-order chi connectivity index (χ0) is 40.0. The Balaban J connectivity index is 1.16. The fourth-order valence-electron chi connectivity index (χ4n) is 9.26. The van der Waals surface area contributed by atoms with Crippen LogP contribution in [0.25, 0.3) is 126 Å². The summed E-state index contributed by atoms with van der Waals surface area (Å²) in [5.41, 5.74) is 9.52. The van der Waals surface area contributed by atoms with E-state index in [4.69, 9.17) is 19.4 Å². The molecule has 0 fully saturated rings. The molecule has 0 aliphatic heterocycles. The third-order valence-electron chi connectivity index (χ3n) is 12.0. The lowest BCUT2D eigenvalue weighted by Crippen LogP contribution is -2.04. The summed E-state index contributed by atoms with van der Waals surface area (Å²) in [5, 5.41) is 9.08. The molecule has 0 saturated heterocycles. The summed E-state index contributed by atoms with van der Waals surface area (Å²) >= 11 is 1.79. The molecule has 284 valence electrons. The molecule has 0 aliphatic carbocycles. The van der Waals surface area contributed by atoms with Crippen LogP contribution in [0.1, 0.15) is 0 Å². The number of furan rings is 1. The molecule has 0 bridgehead atoms. The van der Waals surface area contributed by atoms with E-state index in [-0.39, 0.29) is 0 Å². The maximum Gasteiger partial charge on any atom is 0.170 e. The smallest absolute Gasteiger partial charge is 0.170 e. The van der Waals surface area contributed by atoms with Crippen molar-refractivity contribution in [1.29, 1.82) is 0 Å². The zero-order valence-corrected chi connectivity index (χ0v) is 33.4. The van der Waals surface area contributed by atoms with Crippen LogP contribution in [0.4, 0.5) is 0 Å². The highest BCUT2D eigenvalue weighted by molar-refractivity contribution is 7.25. The highest BCUT2D eigenvalue weighted by Crippen LogP contribution is 2.44. The molecule has 0 N–H and O–H groups in total. The molecule has 0 atom stereocenters. The van der Waals surface area contributed by atoms with Gasteiger partial charge in [0.1, 0.15) is 11.2 Å². The minimum Gasteiger partial charge on any atom is -0.455 e. The number of hydrogen-bond acceptors (Lipinski definition) is 5. The van der Waals surface area contributed by atoms with E-state index in [2.05, 4.69) is 180 Å². The van der Waals surface area contributed by atoms with Crippen LogP contribution in [0.3, 0.4) is 0 Å². The van der Waals surface area contributed by atoms with Crippen molar-refractivity contribution in [3.63, 3.8) is 0 Å². The number of rotatable bonds is 5. The minimum absolute atomic E-state index is 0.535. The van der Waals surface area contributed by atoms with E-state index in [0.29, 0.717) is 17.5 Å². The molecule has 9 aromatic carbocycles. The van der Waals surface area contributed by atoms with Crippen LogP contribution in [0, 0.1) is 0 Å². The molecule has 4 aromatic heterocycles. The van der Waals surface area contributed by atoms with Crippen molar-refractivity contribution in [3.8, 4) is 51.0 Å². The summed E-state index contributed by atoms with van der Waals surface area (Å²) in [7, 11) is 0. The van der Waals surface area contributed by atoms with Gasteiger partial charge in [0.25, 0.3) is 0 Å². The van der Waals surface area contributed by atoms with E-state index in [1.165, 1.54) is 36.3 Å². The Bertz CT molecular complexity index is 3900. The van der Waals surface area contributed by atoms with Gasteiger partial charge in [-0.2, -0.15) is 0 Å². The van der Waals surface area contributed by atoms with Crippen LogP contribution in [0.5, 0.6) is 0 Å². The van der Waals surface area contributed by atoms with Crippen LogP contribution in [0.15, 0.2) is 199 Å². The van der Waals surface area contributed by atoms with Crippen LogP contribution in [-0.2, 0) is 0 Å². The van der Waals surface area contributed by atoms with Crippen molar-refractivity contribution in [3.05, 3.63) is 194 Å². The van der Waals surface area contributed by atoms with Gasteiger partial charge in [-0.05, 0) is 76.5 Å². The Labute approximate surface area is 353 Å². The van der Waals surface area contributed by atoms with Crippen molar-refractivity contribution >= 4 is 86.0 Å². The number of benzene rings is 9. The second-order valence-corrected chi connectivity index (χ2v) is 16.6. The summed E-state index contributed by atoms with van der Waals surface area (Å²) in [6.45, 7) is 0. The van der Waals surface area contributed by atoms with Crippen LogP contribution < -0.4 is 0 Å². The van der Waals surface area contributed by atoms with Crippen molar-refractivity contribution in [2.45, 2.75) is 0 Å². The first-order valence-corrected chi connectivity index (χ1v) is 21.2. The van der Waals surface area contributed by atoms with Crippen LogP contribution in [-0.4, -0.2) is 19.5 Å². The Hall–Kier alpha value is -7.93. The zero-order valence-electron chi connectivity index (χ0n) is 32.6. The van der Waals surface area contributed by atoms with Crippen molar-refractivity contribution in [1.82, 2.24) is 19.5 Å². The average molecular weight is 797 g/mol. The third-order valence-corrected chi connectivity index (χ3v) is 13.2. The van der Waals surface area contributed by atoms with E-state index < -0.39 is 0 Å². The van der Waals surface area contributed by atoms with E-state index in [9.17, 15) is 0 Å². The Kier molecular flexibility index (Phi) is 7.41. The Morgan fingerprint density at radius 2 is 1.08 bits per heavy atom. The number of fused-ring (bicyclic) bond motifs is 10. The lowest BCUT2D eigenvalue weighted by atomic mass is 10.0. The van der Waals surface area contributed by atoms with Crippen molar-refractivity contribution in [2.24, 2.45) is 0 Å². The van der Waals surface area contributed by atoms with Gasteiger partial charge < -0.3 is 8.98 Å². The first-order valence-electron chi connectivity index (χ1n) is 20.4. The normalized spacial score (nSPS) is 11.9. The van der Waals surface area contributed by atoms with E-state index in [1.54, 1.807) is 11.3 Å². The Morgan fingerprint density at radius 3 is 1.98 bits per heavy atom. The second kappa shape index (κ2) is 13.3. The Morgan fingerprint density at radius 1 is 0.410 bits per heavy atom. The molecule has 0 unspecified atom stereocenters. The van der Waals surface area contributed by atoms with Gasteiger partial charge in [-0.25, -0.2) is 15.0 Å². The molecule has 5 nitrogen and oxygen atoms in total. The highest BCUT2D eigenvalue weighted by atomic mass is 32.1. The topological polar surface area (TPSA) is 56.7 Å². The molecule has 0 radical (unpaired) electrons. The number of nitrogens with zero attached hydrogens (tertiary/aromatic N) is 4. The lowest BCUT2D eigenvalue weighted by Gasteiger charge is -2.16. The first kappa shape index (κ1) is 34.0. The van der Waals surface area contributed by atoms with Crippen LogP contribution in [0.2, 0.25) is 0 Å². The van der Waals surface area contributed by atoms with E-state index >= 15 is 0 Å². The monoisotopic (exact) mass is 796 g/mol.